The molecule has 0 saturated heterocycles. The first-order chi connectivity index (χ1) is 11.2. The van der Waals surface area contributed by atoms with Crippen LogP contribution in [0.5, 0.6) is 0 Å². The molecule has 0 aliphatic heterocycles. The van der Waals surface area contributed by atoms with Crippen molar-refractivity contribution in [3.05, 3.63) is 24.3 Å². The molecule has 1 aromatic rings. The maximum Gasteiger partial charge on any atom is 0.178 e. The number of nitrogens with zero attached hydrogens (tertiary/aromatic N) is 1. The molecule has 0 aromatic heterocycles. The van der Waals surface area contributed by atoms with Crippen molar-refractivity contribution in [1.82, 2.24) is 4.90 Å². The maximum absolute atomic E-state index is 12.8. The van der Waals surface area contributed by atoms with Gasteiger partial charge in [-0.25, -0.2) is 8.42 Å². The highest BCUT2D eigenvalue weighted by Crippen LogP contribution is 2.30. The van der Waals surface area contributed by atoms with Gasteiger partial charge in [-0.1, -0.05) is 0 Å². The van der Waals surface area contributed by atoms with Gasteiger partial charge in [0, 0.05) is 23.0 Å². The summed E-state index contributed by atoms with van der Waals surface area (Å²) in [4.78, 5) is 3.83. The summed E-state index contributed by atoms with van der Waals surface area (Å²) in [5.74, 6) is 0.171. The quantitative estimate of drug-likeness (QED) is 0.780. The molecule has 0 heterocycles. The third kappa shape index (κ3) is 4.75. The Morgan fingerprint density at radius 1 is 1.25 bits per heavy atom. The van der Waals surface area contributed by atoms with E-state index in [4.69, 9.17) is 5.73 Å². The Morgan fingerprint density at radius 2 is 1.88 bits per heavy atom. The molecular weight excluding hydrogens is 340 g/mol. The van der Waals surface area contributed by atoms with Gasteiger partial charge >= 0.3 is 0 Å². The van der Waals surface area contributed by atoms with Crippen LogP contribution in [0.4, 0.5) is 0 Å². The molecule has 6 heteroatoms. The zero-order valence-corrected chi connectivity index (χ0v) is 16.7. The molecule has 0 bridgehead atoms. The number of rotatable bonds is 6. The molecule has 0 amide bonds. The number of nitrogens with two attached hydrogens (primary N) is 1. The maximum atomic E-state index is 12.8. The van der Waals surface area contributed by atoms with Crippen molar-refractivity contribution in [2.45, 2.75) is 61.0 Å². The molecule has 1 saturated carbocycles. The molecule has 4 nitrogen and oxygen atoms in total. The lowest BCUT2D eigenvalue weighted by atomic mass is 9.82. The van der Waals surface area contributed by atoms with Gasteiger partial charge in [-0.2, -0.15) is 0 Å². The lowest BCUT2D eigenvalue weighted by Crippen LogP contribution is -2.48. The number of thioether (sulfide) groups is 1. The molecule has 24 heavy (non-hydrogen) atoms. The second kappa shape index (κ2) is 8.21. The second-order valence-corrected chi connectivity index (χ2v) is 10.0. The number of sulfone groups is 1. The van der Waals surface area contributed by atoms with Crippen LogP contribution in [0.3, 0.4) is 0 Å². The Morgan fingerprint density at radius 3 is 2.42 bits per heavy atom. The summed E-state index contributed by atoms with van der Waals surface area (Å²) >= 11 is 1.61. The summed E-state index contributed by atoms with van der Waals surface area (Å²) in [6, 6.07) is 8.02. The molecule has 1 fully saturated rings. The molecule has 2 N–H and O–H groups in total. The first-order valence-electron chi connectivity index (χ1n) is 8.59. The minimum absolute atomic E-state index is 0.0233. The van der Waals surface area contributed by atoms with Crippen molar-refractivity contribution in [3.63, 3.8) is 0 Å². The SMILES string of the molecule is CSc1ccc(S(=O)(=O)CC2CC(N(C)C(C)C)CCC2N)cc1. The number of benzene rings is 1. The van der Waals surface area contributed by atoms with Gasteiger partial charge in [-0.3, -0.25) is 0 Å². The standard InChI is InChI=1S/C18H30N2O2S2/c1-13(2)20(3)15-5-10-18(19)14(11-15)12-24(21,22)17-8-6-16(23-4)7-9-17/h6-9,13-15,18H,5,10-12,19H2,1-4H3. The number of hydrogen-bond donors (Lipinski definition) is 1. The van der Waals surface area contributed by atoms with Crippen LogP contribution in [0.2, 0.25) is 0 Å². The average molecular weight is 371 g/mol. The first-order valence-corrected chi connectivity index (χ1v) is 11.5. The third-order valence-electron chi connectivity index (χ3n) is 5.26. The van der Waals surface area contributed by atoms with Crippen LogP contribution in [0.1, 0.15) is 33.1 Å². The molecule has 1 aliphatic carbocycles. The summed E-state index contributed by atoms with van der Waals surface area (Å²) in [5, 5.41) is 0. The van der Waals surface area contributed by atoms with Crippen molar-refractivity contribution in [3.8, 4) is 0 Å². The van der Waals surface area contributed by atoms with Gasteiger partial charge in [-0.15, -0.1) is 11.8 Å². The van der Waals surface area contributed by atoms with Gasteiger partial charge < -0.3 is 10.6 Å². The summed E-state index contributed by atoms with van der Waals surface area (Å²) in [6.45, 7) is 4.35. The fourth-order valence-corrected chi connectivity index (χ4v) is 5.51. The molecule has 0 spiro atoms. The van der Waals surface area contributed by atoms with E-state index in [0.29, 0.717) is 17.0 Å². The van der Waals surface area contributed by atoms with E-state index in [2.05, 4.69) is 25.8 Å². The van der Waals surface area contributed by atoms with Crippen molar-refractivity contribution in [2.24, 2.45) is 11.7 Å². The van der Waals surface area contributed by atoms with Gasteiger partial charge in [0.2, 0.25) is 0 Å². The predicted molar refractivity (Wildman–Crippen MR) is 102 cm³/mol. The van der Waals surface area contributed by atoms with E-state index >= 15 is 0 Å². The van der Waals surface area contributed by atoms with Crippen molar-refractivity contribution < 1.29 is 8.42 Å². The van der Waals surface area contributed by atoms with E-state index in [-0.39, 0.29) is 17.7 Å². The highest BCUT2D eigenvalue weighted by molar-refractivity contribution is 7.98. The fourth-order valence-electron chi connectivity index (χ4n) is 3.41. The molecular formula is C18H30N2O2S2. The molecule has 3 atom stereocenters. The van der Waals surface area contributed by atoms with E-state index in [9.17, 15) is 8.42 Å². The Hall–Kier alpha value is -0.560. The van der Waals surface area contributed by atoms with Gasteiger partial charge in [0.1, 0.15) is 0 Å². The Balaban J connectivity index is 2.11. The van der Waals surface area contributed by atoms with Crippen LogP contribution >= 0.6 is 11.8 Å². The monoisotopic (exact) mass is 370 g/mol. The van der Waals surface area contributed by atoms with Crippen molar-refractivity contribution >= 4 is 21.6 Å². The molecule has 3 unspecified atom stereocenters. The molecule has 2 rings (SSSR count). The minimum Gasteiger partial charge on any atom is -0.327 e. The Labute approximate surface area is 151 Å². The predicted octanol–water partition coefficient (Wildman–Crippen LogP) is 3.02. The number of hydrogen-bond acceptors (Lipinski definition) is 5. The molecule has 136 valence electrons. The molecule has 1 aliphatic rings. The van der Waals surface area contributed by atoms with Crippen LogP contribution in [-0.2, 0) is 9.84 Å². The summed E-state index contributed by atoms with van der Waals surface area (Å²) in [5.41, 5.74) is 6.26. The average Bonchev–Trinajstić information content (AvgIpc) is 2.56. The minimum atomic E-state index is -3.29. The van der Waals surface area contributed by atoms with Crippen molar-refractivity contribution in [2.75, 3.05) is 19.1 Å². The Kier molecular flexibility index (Phi) is 6.76. The van der Waals surface area contributed by atoms with E-state index in [1.807, 2.05) is 18.4 Å². The molecule has 0 radical (unpaired) electrons. The van der Waals surface area contributed by atoms with Gasteiger partial charge in [0.05, 0.1) is 10.6 Å². The largest absolute Gasteiger partial charge is 0.327 e. The fraction of sp³-hybridized carbons (Fsp3) is 0.667. The van der Waals surface area contributed by atoms with Gasteiger partial charge in [0.15, 0.2) is 9.84 Å². The van der Waals surface area contributed by atoms with E-state index in [1.165, 1.54) is 0 Å². The van der Waals surface area contributed by atoms with Crippen LogP contribution in [0.25, 0.3) is 0 Å². The second-order valence-electron chi connectivity index (χ2n) is 7.11. The van der Waals surface area contributed by atoms with Gasteiger partial charge in [-0.05, 0) is 76.6 Å². The lowest BCUT2D eigenvalue weighted by Gasteiger charge is -2.40. The van der Waals surface area contributed by atoms with Crippen LogP contribution in [-0.4, -0.2) is 50.5 Å². The van der Waals surface area contributed by atoms with Crippen LogP contribution in [0.15, 0.2) is 34.1 Å². The zero-order valence-electron chi connectivity index (χ0n) is 15.1. The highest BCUT2D eigenvalue weighted by atomic mass is 32.2. The smallest absolute Gasteiger partial charge is 0.178 e. The van der Waals surface area contributed by atoms with E-state index in [1.54, 1.807) is 23.9 Å². The highest BCUT2D eigenvalue weighted by Gasteiger charge is 2.34. The first kappa shape index (κ1) is 19.8. The van der Waals surface area contributed by atoms with Crippen LogP contribution in [0, 0.1) is 5.92 Å². The lowest BCUT2D eigenvalue weighted by molar-refractivity contribution is 0.124. The summed E-state index contributed by atoms with van der Waals surface area (Å²) in [7, 11) is -1.17. The van der Waals surface area contributed by atoms with Gasteiger partial charge in [0.25, 0.3) is 0 Å². The van der Waals surface area contributed by atoms with E-state index in [0.717, 1.165) is 24.2 Å². The summed E-state index contributed by atoms with van der Waals surface area (Å²) < 4.78 is 25.6. The molecule has 1 aromatic carbocycles. The normalized spacial score (nSPS) is 25.4. The zero-order chi connectivity index (χ0) is 17.9. The van der Waals surface area contributed by atoms with E-state index < -0.39 is 9.84 Å². The van der Waals surface area contributed by atoms with Crippen LogP contribution < -0.4 is 5.73 Å². The van der Waals surface area contributed by atoms with Crippen molar-refractivity contribution in [1.29, 1.82) is 0 Å². The third-order valence-corrected chi connectivity index (χ3v) is 7.86. The summed E-state index contributed by atoms with van der Waals surface area (Å²) in [6.07, 6.45) is 4.79. The Bertz CT molecular complexity index is 629. The topological polar surface area (TPSA) is 63.4 Å².